The van der Waals surface area contributed by atoms with E-state index in [4.69, 9.17) is 5.73 Å². The summed E-state index contributed by atoms with van der Waals surface area (Å²) in [5.74, 6) is 1.65. The Bertz CT molecular complexity index is 375. The fourth-order valence-corrected chi connectivity index (χ4v) is 2.87. The summed E-state index contributed by atoms with van der Waals surface area (Å²) in [4.78, 5) is 4.29. The Kier molecular flexibility index (Phi) is 3.30. The van der Waals surface area contributed by atoms with Gasteiger partial charge in [-0.1, -0.05) is 13.8 Å². The standard InChI is InChI=1S/C14H25N3/c1-10-5-6-12(7-11(10)2)17-9-16-8-13(17)14(3,4)15/h8-12H,5-7,15H2,1-4H3. The molecule has 1 aromatic heterocycles. The molecule has 1 aliphatic rings. The maximum Gasteiger partial charge on any atom is 0.0951 e. The van der Waals surface area contributed by atoms with Crippen LogP contribution in [0.5, 0.6) is 0 Å². The van der Waals surface area contributed by atoms with E-state index in [2.05, 4.69) is 37.2 Å². The molecule has 1 fully saturated rings. The zero-order chi connectivity index (χ0) is 12.6. The van der Waals surface area contributed by atoms with Crippen molar-refractivity contribution < 1.29 is 0 Å². The molecular formula is C14H25N3. The molecule has 2 N–H and O–H groups in total. The van der Waals surface area contributed by atoms with E-state index in [9.17, 15) is 0 Å². The summed E-state index contributed by atoms with van der Waals surface area (Å²) in [6, 6.07) is 0.585. The van der Waals surface area contributed by atoms with E-state index in [-0.39, 0.29) is 5.54 Å². The molecule has 0 bridgehead atoms. The van der Waals surface area contributed by atoms with Crippen LogP contribution in [-0.2, 0) is 5.54 Å². The van der Waals surface area contributed by atoms with Crippen LogP contribution in [0, 0.1) is 11.8 Å². The highest BCUT2D eigenvalue weighted by Gasteiger charge is 2.29. The lowest BCUT2D eigenvalue weighted by molar-refractivity contribution is 0.205. The van der Waals surface area contributed by atoms with Crippen LogP contribution in [0.4, 0.5) is 0 Å². The van der Waals surface area contributed by atoms with Gasteiger partial charge in [-0.25, -0.2) is 4.98 Å². The first kappa shape index (κ1) is 12.6. The van der Waals surface area contributed by atoms with Gasteiger partial charge in [0.05, 0.1) is 17.6 Å². The van der Waals surface area contributed by atoms with Gasteiger partial charge in [-0.05, 0) is 44.9 Å². The highest BCUT2D eigenvalue weighted by atomic mass is 15.1. The predicted molar refractivity (Wildman–Crippen MR) is 70.7 cm³/mol. The van der Waals surface area contributed by atoms with Crippen LogP contribution in [0.1, 0.15) is 58.7 Å². The average Bonchev–Trinajstić information content (AvgIpc) is 2.70. The van der Waals surface area contributed by atoms with E-state index in [0.29, 0.717) is 6.04 Å². The highest BCUT2D eigenvalue weighted by molar-refractivity contribution is 5.11. The van der Waals surface area contributed by atoms with Crippen LogP contribution in [-0.4, -0.2) is 9.55 Å². The van der Waals surface area contributed by atoms with E-state index >= 15 is 0 Å². The topological polar surface area (TPSA) is 43.8 Å². The molecule has 3 unspecified atom stereocenters. The molecule has 0 aromatic carbocycles. The Balaban J connectivity index is 2.21. The molecule has 3 atom stereocenters. The molecule has 3 heteroatoms. The van der Waals surface area contributed by atoms with Crippen molar-refractivity contribution in [1.82, 2.24) is 9.55 Å². The van der Waals surface area contributed by atoms with Crippen molar-refractivity contribution >= 4 is 0 Å². The summed E-state index contributed by atoms with van der Waals surface area (Å²) < 4.78 is 2.31. The summed E-state index contributed by atoms with van der Waals surface area (Å²) in [5.41, 5.74) is 7.06. The van der Waals surface area contributed by atoms with Crippen molar-refractivity contribution in [2.24, 2.45) is 17.6 Å². The summed E-state index contributed by atoms with van der Waals surface area (Å²) in [5, 5.41) is 0. The van der Waals surface area contributed by atoms with Gasteiger partial charge in [0.25, 0.3) is 0 Å². The van der Waals surface area contributed by atoms with Gasteiger partial charge in [-0.2, -0.15) is 0 Å². The molecule has 96 valence electrons. The van der Waals surface area contributed by atoms with E-state index in [1.807, 2.05) is 12.5 Å². The van der Waals surface area contributed by atoms with Gasteiger partial charge >= 0.3 is 0 Å². The lowest BCUT2D eigenvalue weighted by atomic mass is 9.79. The normalized spacial score (nSPS) is 30.5. The number of hydrogen-bond acceptors (Lipinski definition) is 2. The summed E-state index contributed by atoms with van der Waals surface area (Å²) in [6.07, 6.45) is 7.69. The molecule has 1 aromatic rings. The van der Waals surface area contributed by atoms with Crippen molar-refractivity contribution in [2.45, 2.75) is 58.5 Å². The first-order valence-corrected chi connectivity index (χ1v) is 6.70. The monoisotopic (exact) mass is 235 g/mol. The second-order valence-electron chi connectivity index (χ2n) is 6.33. The summed E-state index contributed by atoms with van der Waals surface area (Å²) in [7, 11) is 0. The summed E-state index contributed by atoms with van der Waals surface area (Å²) >= 11 is 0. The third-order valence-electron chi connectivity index (χ3n) is 4.29. The van der Waals surface area contributed by atoms with Crippen molar-refractivity contribution in [1.29, 1.82) is 0 Å². The molecule has 0 spiro atoms. The maximum absolute atomic E-state index is 6.21. The van der Waals surface area contributed by atoms with Crippen LogP contribution in [0.15, 0.2) is 12.5 Å². The molecule has 17 heavy (non-hydrogen) atoms. The number of aromatic nitrogens is 2. The van der Waals surface area contributed by atoms with Gasteiger partial charge < -0.3 is 10.3 Å². The van der Waals surface area contributed by atoms with Crippen molar-refractivity contribution in [3.63, 3.8) is 0 Å². The molecule has 0 radical (unpaired) electrons. The Morgan fingerprint density at radius 3 is 2.59 bits per heavy atom. The molecule has 1 heterocycles. The van der Waals surface area contributed by atoms with Gasteiger partial charge in [0.15, 0.2) is 0 Å². The number of imidazole rings is 1. The largest absolute Gasteiger partial charge is 0.330 e. The lowest BCUT2D eigenvalue weighted by Crippen LogP contribution is -2.34. The van der Waals surface area contributed by atoms with Gasteiger partial charge in [-0.3, -0.25) is 0 Å². The third kappa shape index (κ3) is 2.54. The molecule has 1 saturated carbocycles. The van der Waals surface area contributed by atoms with Gasteiger partial charge in [0.2, 0.25) is 0 Å². The molecule has 3 nitrogen and oxygen atoms in total. The summed E-state index contributed by atoms with van der Waals surface area (Å²) in [6.45, 7) is 8.83. The number of rotatable bonds is 2. The van der Waals surface area contributed by atoms with Crippen molar-refractivity contribution in [3.8, 4) is 0 Å². The van der Waals surface area contributed by atoms with Gasteiger partial charge in [0.1, 0.15) is 0 Å². The van der Waals surface area contributed by atoms with Crippen molar-refractivity contribution in [3.05, 3.63) is 18.2 Å². The number of nitrogens with zero attached hydrogens (tertiary/aromatic N) is 2. The fourth-order valence-electron chi connectivity index (χ4n) is 2.87. The Morgan fingerprint density at radius 2 is 2.00 bits per heavy atom. The third-order valence-corrected chi connectivity index (χ3v) is 4.29. The predicted octanol–water partition coefficient (Wildman–Crippen LogP) is 3.07. The van der Waals surface area contributed by atoms with Crippen LogP contribution < -0.4 is 5.73 Å². The quantitative estimate of drug-likeness (QED) is 0.856. The Hall–Kier alpha value is -0.830. The minimum atomic E-state index is -0.303. The SMILES string of the molecule is CC1CCC(n2cncc2C(C)(C)N)CC1C. The molecule has 0 aliphatic heterocycles. The maximum atomic E-state index is 6.21. The van der Waals surface area contributed by atoms with E-state index in [0.717, 1.165) is 17.5 Å². The number of hydrogen-bond donors (Lipinski definition) is 1. The molecule has 0 saturated heterocycles. The van der Waals surface area contributed by atoms with Crippen LogP contribution in [0.2, 0.25) is 0 Å². The lowest BCUT2D eigenvalue weighted by Gasteiger charge is -2.35. The van der Waals surface area contributed by atoms with E-state index < -0.39 is 0 Å². The van der Waals surface area contributed by atoms with Crippen LogP contribution in [0.3, 0.4) is 0 Å². The van der Waals surface area contributed by atoms with Gasteiger partial charge in [0, 0.05) is 12.2 Å². The average molecular weight is 235 g/mol. The highest BCUT2D eigenvalue weighted by Crippen LogP contribution is 2.37. The minimum Gasteiger partial charge on any atom is -0.330 e. The Morgan fingerprint density at radius 1 is 1.29 bits per heavy atom. The van der Waals surface area contributed by atoms with E-state index in [1.54, 1.807) is 0 Å². The smallest absolute Gasteiger partial charge is 0.0951 e. The zero-order valence-corrected chi connectivity index (χ0v) is 11.5. The first-order valence-electron chi connectivity index (χ1n) is 6.70. The second-order valence-corrected chi connectivity index (χ2v) is 6.33. The Labute approximate surface area is 104 Å². The molecule has 1 aliphatic carbocycles. The van der Waals surface area contributed by atoms with E-state index in [1.165, 1.54) is 19.3 Å². The molecule has 0 amide bonds. The zero-order valence-electron chi connectivity index (χ0n) is 11.5. The second kappa shape index (κ2) is 4.45. The number of nitrogens with two attached hydrogens (primary N) is 1. The molecule has 2 rings (SSSR count). The van der Waals surface area contributed by atoms with Crippen LogP contribution in [0.25, 0.3) is 0 Å². The first-order chi connectivity index (χ1) is 7.89. The fraction of sp³-hybridized carbons (Fsp3) is 0.786. The minimum absolute atomic E-state index is 0.303. The van der Waals surface area contributed by atoms with Crippen molar-refractivity contribution in [2.75, 3.05) is 0 Å². The molecular weight excluding hydrogens is 210 g/mol. The van der Waals surface area contributed by atoms with Gasteiger partial charge in [-0.15, -0.1) is 0 Å². The van der Waals surface area contributed by atoms with Crippen LogP contribution >= 0.6 is 0 Å².